The lowest BCUT2D eigenvalue weighted by Crippen LogP contribution is -2.34. The van der Waals surface area contributed by atoms with Crippen LogP contribution in [0.25, 0.3) is 0 Å². The van der Waals surface area contributed by atoms with E-state index >= 15 is 0 Å². The highest BCUT2D eigenvalue weighted by Gasteiger charge is 2.22. The number of aryl methyl sites for hydroxylation is 1. The quantitative estimate of drug-likeness (QED) is 0.907. The van der Waals surface area contributed by atoms with Crippen LogP contribution in [0.2, 0.25) is 0 Å². The van der Waals surface area contributed by atoms with Gasteiger partial charge in [0.1, 0.15) is 5.69 Å². The van der Waals surface area contributed by atoms with Gasteiger partial charge in [0.05, 0.1) is 19.2 Å². The number of carbonyl (C=O) groups excluding carboxylic acids is 1. The van der Waals surface area contributed by atoms with Crippen LogP contribution in [0.4, 0.5) is 0 Å². The lowest BCUT2D eigenvalue weighted by Gasteiger charge is -2.26. The molecule has 0 radical (unpaired) electrons. The van der Waals surface area contributed by atoms with Gasteiger partial charge in [0, 0.05) is 13.2 Å². The fourth-order valence-corrected chi connectivity index (χ4v) is 3.04. The molecule has 24 heavy (non-hydrogen) atoms. The molecule has 0 fully saturated rings. The van der Waals surface area contributed by atoms with Crippen molar-refractivity contribution < 1.29 is 9.53 Å². The highest BCUT2D eigenvalue weighted by Crippen LogP contribution is 2.29. The van der Waals surface area contributed by atoms with Crippen LogP contribution < -0.4 is 10.9 Å². The van der Waals surface area contributed by atoms with Crippen LogP contribution >= 0.6 is 0 Å². The summed E-state index contributed by atoms with van der Waals surface area (Å²) in [5.41, 5.74) is 2.46. The van der Waals surface area contributed by atoms with E-state index in [2.05, 4.69) is 22.5 Å². The highest BCUT2D eigenvalue weighted by atomic mass is 16.5. The number of hydrogen-bond acceptors (Lipinski definition) is 4. The summed E-state index contributed by atoms with van der Waals surface area (Å²) in [7, 11) is 1.56. The predicted molar refractivity (Wildman–Crippen MR) is 90.0 cm³/mol. The Morgan fingerprint density at radius 1 is 1.33 bits per heavy atom. The van der Waals surface area contributed by atoms with E-state index in [1.54, 1.807) is 7.11 Å². The molecule has 0 spiro atoms. The molecule has 1 unspecified atom stereocenters. The summed E-state index contributed by atoms with van der Waals surface area (Å²) < 4.78 is 6.22. The number of ether oxygens (including phenoxy) is 1. The number of rotatable bonds is 5. The Bertz CT molecular complexity index is 785. The van der Waals surface area contributed by atoms with Crippen LogP contribution in [-0.4, -0.2) is 29.4 Å². The Kier molecular flexibility index (Phi) is 5.05. The molecule has 1 aliphatic carbocycles. The molecular weight excluding hydrogens is 306 g/mol. The van der Waals surface area contributed by atoms with Crippen LogP contribution in [0.15, 0.2) is 41.2 Å². The first-order valence-electron chi connectivity index (χ1n) is 8.15. The first-order chi connectivity index (χ1) is 11.7. The van der Waals surface area contributed by atoms with Gasteiger partial charge >= 0.3 is 0 Å². The van der Waals surface area contributed by atoms with Gasteiger partial charge in [0.25, 0.3) is 11.5 Å². The molecule has 1 amide bonds. The standard InChI is InChI=1S/C18H21N3O3/c1-24-12-11-21-17(22)10-9-16(20-21)18(23)19-15-8-4-6-13-5-2-3-7-14(13)15/h2-3,5,7,9-10,15H,4,6,8,11-12H2,1H3,(H,19,23). The van der Waals surface area contributed by atoms with Crippen LogP contribution in [-0.2, 0) is 17.7 Å². The summed E-state index contributed by atoms with van der Waals surface area (Å²) >= 11 is 0. The second-order valence-corrected chi connectivity index (χ2v) is 5.89. The number of nitrogens with zero attached hydrogens (tertiary/aromatic N) is 2. The molecule has 0 saturated heterocycles. The third kappa shape index (κ3) is 3.54. The molecule has 3 rings (SSSR count). The normalized spacial score (nSPS) is 16.5. The molecule has 0 aliphatic heterocycles. The summed E-state index contributed by atoms with van der Waals surface area (Å²) in [5.74, 6) is -0.261. The first kappa shape index (κ1) is 16.4. The van der Waals surface area contributed by atoms with Gasteiger partial charge in [-0.3, -0.25) is 9.59 Å². The molecule has 1 aromatic heterocycles. The Morgan fingerprint density at radius 3 is 3.00 bits per heavy atom. The van der Waals surface area contributed by atoms with E-state index in [4.69, 9.17) is 4.74 Å². The summed E-state index contributed by atoms with van der Waals surface area (Å²) in [4.78, 5) is 24.3. The van der Waals surface area contributed by atoms with Crippen molar-refractivity contribution >= 4 is 5.91 Å². The number of aromatic nitrogens is 2. The average Bonchev–Trinajstić information content (AvgIpc) is 2.61. The van der Waals surface area contributed by atoms with E-state index < -0.39 is 0 Å². The van der Waals surface area contributed by atoms with E-state index in [9.17, 15) is 9.59 Å². The molecule has 2 aromatic rings. The molecule has 1 atom stereocenters. The molecule has 1 aliphatic rings. The monoisotopic (exact) mass is 327 g/mol. The van der Waals surface area contributed by atoms with Crippen molar-refractivity contribution in [1.29, 1.82) is 0 Å². The van der Waals surface area contributed by atoms with E-state index in [1.165, 1.54) is 27.9 Å². The van der Waals surface area contributed by atoms with Gasteiger partial charge in [-0.1, -0.05) is 24.3 Å². The van der Waals surface area contributed by atoms with Crippen LogP contribution in [0, 0.1) is 0 Å². The van der Waals surface area contributed by atoms with Crippen molar-refractivity contribution in [2.45, 2.75) is 31.8 Å². The molecule has 126 valence electrons. The van der Waals surface area contributed by atoms with Gasteiger partial charge in [0.2, 0.25) is 0 Å². The molecule has 0 saturated carbocycles. The molecule has 1 heterocycles. The smallest absolute Gasteiger partial charge is 0.272 e. The number of fused-ring (bicyclic) bond motifs is 1. The van der Waals surface area contributed by atoms with Gasteiger partial charge in [-0.25, -0.2) is 4.68 Å². The van der Waals surface area contributed by atoms with Gasteiger partial charge in [-0.05, 0) is 36.5 Å². The minimum Gasteiger partial charge on any atom is -0.383 e. The molecule has 6 heteroatoms. The number of carbonyl (C=O) groups is 1. The lowest BCUT2D eigenvalue weighted by molar-refractivity contribution is 0.0924. The van der Waals surface area contributed by atoms with Crippen LogP contribution in [0.1, 0.15) is 40.5 Å². The van der Waals surface area contributed by atoms with Crippen LogP contribution in [0.5, 0.6) is 0 Å². The second-order valence-electron chi connectivity index (χ2n) is 5.89. The van der Waals surface area contributed by atoms with Crippen molar-refractivity contribution in [1.82, 2.24) is 15.1 Å². The molecule has 0 bridgehead atoms. The topological polar surface area (TPSA) is 73.2 Å². The molecule has 6 nitrogen and oxygen atoms in total. The summed E-state index contributed by atoms with van der Waals surface area (Å²) in [5, 5.41) is 7.19. The average molecular weight is 327 g/mol. The maximum atomic E-state index is 12.5. The Morgan fingerprint density at radius 2 is 2.17 bits per heavy atom. The largest absolute Gasteiger partial charge is 0.383 e. The molecule has 1 N–H and O–H groups in total. The maximum Gasteiger partial charge on any atom is 0.272 e. The fourth-order valence-electron chi connectivity index (χ4n) is 3.04. The summed E-state index contributed by atoms with van der Waals surface area (Å²) in [6.45, 7) is 0.691. The molecular formula is C18H21N3O3. The van der Waals surface area contributed by atoms with E-state index in [1.807, 2.05) is 12.1 Å². The van der Waals surface area contributed by atoms with Gasteiger partial charge in [0.15, 0.2) is 0 Å². The zero-order valence-electron chi connectivity index (χ0n) is 13.7. The maximum absolute atomic E-state index is 12.5. The number of hydrogen-bond donors (Lipinski definition) is 1. The summed E-state index contributed by atoms with van der Waals surface area (Å²) in [6.07, 6.45) is 3.00. The zero-order chi connectivity index (χ0) is 16.9. The van der Waals surface area contributed by atoms with E-state index in [-0.39, 0.29) is 23.2 Å². The summed E-state index contributed by atoms with van der Waals surface area (Å²) in [6, 6.07) is 11.0. The minimum atomic E-state index is -0.261. The minimum absolute atomic E-state index is 0.0106. The van der Waals surface area contributed by atoms with Crippen molar-refractivity contribution in [3.05, 3.63) is 63.6 Å². The van der Waals surface area contributed by atoms with Crippen molar-refractivity contribution in [2.75, 3.05) is 13.7 Å². The third-order valence-corrected chi connectivity index (χ3v) is 4.28. The van der Waals surface area contributed by atoms with Gasteiger partial charge in [-0.2, -0.15) is 5.10 Å². The van der Waals surface area contributed by atoms with Crippen molar-refractivity contribution in [3.63, 3.8) is 0 Å². The highest BCUT2D eigenvalue weighted by molar-refractivity contribution is 5.92. The van der Waals surface area contributed by atoms with Crippen LogP contribution in [0.3, 0.4) is 0 Å². The Labute approximate surface area is 140 Å². The number of benzene rings is 1. The Balaban J connectivity index is 1.77. The number of methoxy groups -OCH3 is 1. The van der Waals surface area contributed by atoms with E-state index in [0.29, 0.717) is 13.2 Å². The zero-order valence-corrected chi connectivity index (χ0v) is 13.7. The second kappa shape index (κ2) is 7.40. The van der Waals surface area contributed by atoms with Crippen molar-refractivity contribution in [2.24, 2.45) is 0 Å². The van der Waals surface area contributed by atoms with Gasteiger partial charge < -0.3 is 10.1 Å². The number of nitrogens with one attached hydrogen (secondary N) is 1. The number of amides is 1. The first-order valence-corrected chi connectivity index (χ1v) is 8.15. The third-order valence-electron chi connectivity index (χ3n) is 4.28. The Hall–Kier alpha value is -2.47. The van der Waals surface area contributed by atoms with Gasteiger partial charge in [-0.15, -0.1) is 0 Å². The van der Waals surface area contributed by atoms with Crippen molar-refractivity contribution in [3.8, 4) is 0 Å². The lowest BCUT2D eigenvalue weighted by atomic mass is 9.87. The fraction of sp³-hybridized carbons (Fsp3) is 0.389. The SMILES string of the molecule is COCCn1nc(C(=O)NC2CCCc3ccccc32)ccc1=O. The predicted octanol–water partition coefficient (Wildman–Crippen LogP) is 1.70. The molecule has 1 aromatic carbocycles. The van der Waals surface area contributed by atoms with E-state index in [0.717, 1.165) is 19.3 Å².